The number of carbonyl (C=O) groups is 1. The van der Waals surface area contributed by atoms with E-state index in [0.29, 0.717) is 6.42 Å². The summed E-state index contributed by atoms with van der Waals surface area (Å²) < 4.78 is 0. The van der Waals surface area contributed by atoms with Crippen LogP contribution in [0.25, 0.3) is 0 Å². The average molecular weight is 271 g/mol. The van der Waals surface area contributed by atoms with Crippen molar-refractivity contribution in [2.75, 3.05) is 0 Å². The Bertz CT molecular complexity index is 564. The van der Waals surface area contributed by atoms with Gasteiger partial charge >= 0.3 is 0 Å². The van der Waals surface area contributed by atoms with Crippen molar-refractivity contribution in [3.05, 3.63) is 58.3 Å². The molecule has 0 radical (unpaired) electrons. The summed E-state index contributed by atoms with van der Waals surface area (Å²) in [6.45, 7) is 2.19. The first-order valence-corrected chi connectivity index (χ1v) is 7.49. The molecular weight excluding hydrogens is 254 g/mol. The highest BCUT2D eigenvalue weighted by atomic mass is 32.1. The predicted molar refractivity (Wildman–Crippen MR) is 78.4 cm³/mol. The number of hydrogen-bond donors (Lipinski definition) is 1. The Morgan fingerprint density at radius 2 is 2.11 bits per heavy atom. The van der Waals surface area contributed by atoms with Gasteiger partial charge in [-0.25, -0.2) is 0 Å². The van der Waals surface area contributed by atoms with Crippen LogP contribution in [0.1, 0.15) is 24.5 Å². The molecule has 2 nitrogen and oxygen atoms in total. The zero-order valence-corrected chi connectivity index (χ0v) is 11.7. The van der Waals surface area contributed by atoms with Crippen molar-refractivity contribution in [3.63, 3.8) is 0 Å². The second-order valence-corrected chi connectivity index (χ2v) is 6.20. The largest absolute Gasteiger partial charge is 0.352 e. The Hall–Kier alpha value is -1.61. The quantitative estimate of drug-likeness (QED) is 0.913. The summed E-state index contributed by atoms with van der Waals surface area (Å²) in [6.07, 6.45) is 1.47. The van der Waals surface area contributed by atoms with Crippen molar-refractivity contribution >= 4 is 17.2 Å². The SMILES string of the molecule is CC1(c2ccsc2)CC(=O)NC1Cc1ccccc1. The minimum absolute atomic E-state index is 0.0904. The summed E-state index contributed by atoms with van der Waals surface area (Å²) in [7, 11) is 0. The van der Waals surface area contributed by atoms with E-state index in [0.717, 1.165) is 6.42 Å². The van der Waals surface area contributed by atoms with E-state index in [4.69, 9.17) is 0 Å². The van der Waals surface area contributed by atoms with Gasteiger partial charge in [-0.1, -0.05) is 37.3 Å². The number of nitrogens with one attached hydrogen (secondary N) is 1. The van der Waals surface area contributed by atoms with Crippen LogP contribution in [-0.2, 0) is 16.6 Å². The van der Waals surface area contributed by atoms with Crippen molar-refractivity contribution in [3.8, 4) is 0 Å². The first kappa shape index (κ1) is 12.4. The highest BCUT2D eigenvalue weighted by molar-refractivity contribution is 7.08. The molecule has 1 aromatic heterocycles. The maximum Gasteiger partial charge on any atom is 0.221 e. The lowest BCUT2D eigenvalue weighted by Gasteiger charge is -2.29. The third kappa shape index (κ3) is 2.30. The molecule has 98 valence electrons. The first-order valence-electron chi connectivity index (χ1n) is 6.54. The molecule has 2 atom stereocenters. The van der Waals surface area contributed by atoms with Gasteiger partial charge in [0.1, 0.15) is 0 Å². The molecule has 1 aliphatic rings. The highest BCUT2D eigenvalue weighted by Gasteiger charge is 2.44. The van der Waals surface area contributed by atoms with Crippen molar-refractivity contribution in [2.24, 2.45) is 0 Å². The van der Waals surface area contributed by atoms with Crippen molar-refractivity contribution in [1.29, 1.82) is 0 Å². The lowest BCUT2D eigenvalue weighted by Crippen LogP contribution is -2.39. The van der Waals surface area contributed by atoms with Crippen molar-refractivity contribution in [1.82, 2.24) is 5.32 Å². The van der Waals surface area contributed by atoms with Gasteiger partial charge in [-0.2, -0.15) is 11.3 Å². The van der Waals surface area contributed by atoms with Gasteiger partial charge in [0.15, 0.2) is 0 Å². The van der Waals surface area contributed by atoms with Gasteiger partial charge in [0.05, 0.1) is 0 Å². The monoisotopic (exact) mass is 271 g/mol. The van der Waals surface area contributed by atoms with Gasteiger partial charge in [-0.05, 0) is 34.4 Å². The molecule has 1 aliphatic heterocycles. The lowest BCUT2D eigenvalue weighted by molar-refractivity contribution is -0.119. The third-order valence-corrected chi connectivity index (χ3v) is 4.78. The topological polar surface area (TPSA) is 29.1 Å². The summed E-state index contributed by atoms with van der Waals surface area (Å²) in [5, 5.41) is 7.40. The summed E-state index contributed by atoms with van der Waals surface area (Å²) in [5.74, 6) is 0.162. The van der Waals surface area contributed by atoms with Crippen LogP contribution in [-0.4, -0.2) is 11.9 Å². The Morgan fingerprint density at radius 1 is 1.32 bits per heavy atom. The molecule has 1 N–H and O–H groups in total. The van der Waals surface area contributed by atoms with Crippen LogP contribution in [0.5, 0.6) is 0 Å². The van der Waals surface area contributed by atoms with E-state index in [9.17, 15) is 4.79 Å². The van der Waals surface area contributed by atoms with Crippen LogP contribution in [0.4, 0.5) is 0 Å². The number of carbonyl (C=O) groups excluding carboxylic acids is 1. The highest BCUT2D eigenvalue weighted by Crippen LogP contribution is 2.38. The van der Waals surface area contributed by atoms with Crippen LogP contribution in [0.2, 0.25) is 0 Å². The van der Waals surface area contributed by atoms with Crippen LogP contribution in [0.15, 0.2) is 47.2 Å². The summed E-state index contributed by atoms with van der Waals surface area (Å²) in [4.78, 5) is 11.8. The van der Waals surface area contributed by atoms with E-state index in [1.165, 1.54) is 11.1 Å². The molecule has 2 unspecified atom stereocenters. The van der Waals surface area contributed by atoms with Crippen LogP contribution >= 0.6 is 11.3 Å². The molecule has 0 bridgehead atoms. The third-order valence-electron chi connectivity index (χ3n) is 4.10. The Labute approximate surface area is 117 Å². The minimum atomic E-state index is -0.0904. The molecule has 1 saturated heterocycles. The molecule has 0 saturated carbocycles. The Morgan fingerprint density at radius 3 is 2.79 bits per heavy atom. The molecule has 19 heavy (non-hydrogen) atoms. The van der Waals surface area contributed by atoms with Crippen LogP contribution < -0.4 is 5.32 Å². The smallest absolute Gasteiger partial charge is 0.221 e. The van der Waals surface area contributed by atoms with E-state index in [2.05, 4.69) is 41.2 Å². The van der Waals surface area contributed by atoms with Gasteiger partial charge in [-0.3, -0.25) is 4.79 Å². The van der Waals surface area contributed by atoms with E-state index in [-0.39, 0.29) is 17.4 Å². The van der Waals surface area contributed by atoms with Gasteiger partial charge in [0, 0.05) is 17.9 Å². The molecule has 2 aromatic rings. The van der Waals surface area contributed by atoms with Crippen LogP contribution in [0, 0.1) is 0 Å². The first-order chi connectivity index (χ1) is 9.18. The number of amides is 1. The van der Waals surface area contributed by atoms with Crippen molar-refractivity contribution in [2.45, 2.75) is 31.2 Å². The molecule has 1 amide bonds. The molecule has 2 heterocycles. The fourth-order valence-electron chi connectivity index (χ4n) is 2.88. The van der Waals surface area contributed by atoms with Gasteiger partial charge < -0.3 is 5.32 Å². The zero-order chi connectivity index (χ0) is 13.3. The number of rotatable bonds is 3. The van der Waals surface area contributed by atoms with Gasteiger partial charge in [0.25, 0.3) is 0 Å². The second kappa shape index (κ2) is 4.82. The van der Waals surface area contributed by atoms with E-state index >= 15 is 0 Å². The molecule has 1 aromatic carbocycles. The maximum absolute atomic E-state index is 11.8. The predicted octanol–water partition coefficient (Wildman–Crippen LogP) is 3.14. The minimum Gasteiger partial charge on any atom is -0.352 e. The van der Waals surface area contributed by atoms with E-state index in [1.807, 2.05) is 18.2 Å². The molecular formula is C16H17NOS. The Balaban J connectivity index is 1.89. The summed E-state index contributed by atoms with van der Waals surface area (Å²) in [6, 6.07) is 12.7. The van der Waals surface area contributed by atoms with Gasteiger partial charge in [-0.15, -0.1) is 0 Å². The average Bonchev–Trinajstić information content (AvgIpc) is 3.01. The maximum atomic E-state index is 11.8. The summed E-state index contributed by atoms with van der Waals surface area (Å²) >= 11 is 1.70. The molecule has 0 spiro atoms. The number of hydrogen-bond acceptors (Lipinski definition) is 2. The number of thiophene rings is 1. The fourth-order valence-corrected chi connectivity index (χ4v) is 3.68. The zero-order valence-electron chi connectivity index (χ0n) is 10.9. The lowest BCUT2D eigenvalue weighted by atomic mass is 9.75. The van der Waals surface area contributed by atoms with Gasteiger partial charge in [0.2, 0.25) is 5.91 Å². The van der Waals surface area contributed by atoms with E-state index < -0.39 is 0 Å². The normalized spacial score (nSPS) is 26.4. The molecule has 3 heteroatoms. The Kier molecular flexibility index (Phi) is 3.15. The van der Waals surface area contributed by atoms with E-state index in [1.54, 1.807) is 11.3 Å². The van der Waals surface area contributed by atoms with Crippen LogP contribution in [0.3, 0.4) is 0 Å². The number of benzene rings is 1. The summed E-state index contributed by atoms with van der Waals surface area (Å²) in [5.41, 5.74) is 2.46. The molecule has 1 fully saturated rings. The molecule has 0 aliphatic carbocycles. The standard InChI is InChI=1S/C16H17NOS/c1-16(13-7-8-19-11-13)10-15(18)17-14(16)9-12-5-3-2-4-6-12/h2-8,11,14H,9-10H2,1H3,(H,17,18). The second-order valence-electron chi connectivity index (χ2n) is 5.42. The fraction of sp³-hybridized carbons (Fsp3) is 0.312. The molecule has 3 rings (SSSR count). The van der Waals surface area contributed by atoms with Crippen molar-refractivity contribution < 1.29 is 4.79 Å².